The lowest BCUT2D eigenvalue weighted by Gasteiger charge is -2.15. The van der Waals surface area contributed by atoms with Crippen LogP contribution in [0.4, 0.5) is 0 Å². The Balaban J connectivity index is 0.000000100. The molecule has 23 aromatic carbocycles. The Morgan fingerprint density at radius 3 is 0.853 bits per heavy atom. The molecule has 0 bridgehead atoms. The molecule has 6 nitrogen and oxygen atoms in total. The van der Waals surface area contributed by atoms with Gasteiger partial charge in [0.1, 0.15) is 16.9 Å². The maximum Gasteiger partial charge on any atom is 0.147 e. The van der Waals surface area contributed by atoms with E-state index in [2.05, 4.69) is 462 Å². The Bertz CT molecular complexity index is 9730. The van der Waals surface area contributed by atoms with E-state index < -0.39 is 0 Å². The number of pyridine rings is 3. The zero-order valence-corrected chi connectivity index (χ0v) is 69.9. The number of benzene rings is 23. The second kappa shape index (κ2) is 28.7. The van der Waals surface area contributed by atoms with Crippen LogP contribution in [0.1, 0.15) is 0 Å². The SMILES string of the molecule is c1ccc(-c2ccc(-c3ccc(-c4ccc5c6ccc7ccccc7c6c6nc7ccccc7n6c5c4)cc3)cc2)cc1.c1ccc2c(c1)ccc1c3ccc(-c4ccc(-c5ccc6ccc7cccc8ccc5c6c78)cc4)cc3n3c4ccccc4nc3c21.c1ccc2c(c1)ccc1cc(-c3ccc4c5ccc6ccccc6c5c5nc6ccccc6n5c4c3)ccc12. The number of hydrogen-bond donors (Lipinski definition) is 0. The van der Waals surface area contributed by atoms with E-state index in [9.17, 15) is 0 Å². The summed E-state index contributed by atoms with van der Waals surface area (Å²) in [6.07, 6.45) is 0. The van der Waals surface area contributed by atoms with E-state index in [1.54, 1.807) is 0 Å². The monoisotopic (exact) mass is 1630 g/mol. The summed E-state index contributed by atoms with van der Waals surface area (Å²) in [4.78, 5) is 15.6. The number of aromatic nitrogens is 6. The number of para-hydroxylation sites is 6. The molecule has 0 aliphatic carbocycles. The molecule has 129 heavy (non-hydrogen) atoms. The van der Waals surface area contributed by atoms with Crippen molar-refractivity contribution in [2.75, 3.05) is 0 Å². The van der Waals surface area contributed by atoms with E-state index in [4.69, 9.17) is 15.0 Å². The van der Waals surface area contributed by atoms with Crippen LogP contribution in [0.15, 0.2) is 449 Å². The van der Waals surface area contributed by atoms with Gasteiger partial charge in [0.25, 0.3) is 0 Å². The third kappa shape index (κ3) is 11.4. The van der Waals surface area contributed by atoms with Crippen LogP contribution in [0.25, 0.3) is 268 Å². The maximum absolute atomic E-state index is 5.21. The highest BCUT2D eigenvalue weighted by atomic mass is 15.0. The van der Waals surface area contributed by atoms with Crippen molar-refractivity contribution < 1.29 is 0 Å². The van der Waals surface area contributed by atoms with Crippen LogP contribution in [0.2, 0.25) is 0 Å². The second-order valence-electron chi connectivity index (χ2n) is 34.4. The Kier molecular flexibility index (Phi) is 16.1. The number of nitrogens with zero attached hydrogens (tertiary/aromatic N) is 6. The van der Waals surface area contributed by atoms with Gasteiger partial charge in [0.15, 0.2) is 0 Å². The fourth-order valence-corrected chi connectivity index (χ4v) is 21.3. The quantitative estimate of drug-likeness (QED) is 0.156. The average Bonchev–Trinajstić information content (AvgIpc) is 1.59. The van der Waals surface area contributed by atoms with Crippen molar-refractivity contribution in [3.05, 3.63) is 449 Å². The van der Waals surface area contributed by atoms with Gasteiger partial charge in [-0.3, -0.25) is 13.2 Å². The van der Waals surface area contributed by atoms with E-state index in [0.717, 1.165) is 50.0 Å². The zero-order valence-electron chi connectivity index (χ0n) is 69.9. The van der Waals surface area contributed by atoms with Crippen molar-refractivity contribution in [1.82, 2.24) is 28.2 Å². The van der Waals surface area contributed by atoms with Gasteiger partial charge in [0.2, 0.25) is 0 Å². The molecule has 6 heterocycles. The average molecular weight is 1640 g/mol. The van der Waals surface area contributed by atoms with Gasteiger partial charge >= 0.3 is 0 Å². The van der Waals surface area contributed by atoms with Crippen LogP contribution in [0.3, 0.4) is 0 Å². The first-order valence-corrected chi connectivity index (χ1v) is 44.3. The highest BCUT2D eigenvalue weighted by Crippen LogP contribution is 2.46. The standard InChI is InChI=1S/C45H26N2.C41H26N2.C37H22N2/c1-2-9-35-28(6-1)18-24-38-36-23-21-33(26-41(36)47-40-11-4-3-10-39(40)46-45(47)44(35)38)27-12-14-29(15-13-27)34-22-19-32-17-16-30-7-5-8-31-20-25-37(34)43(32)42(30)31;1-2-8-27(9-3-1)28-14-16-29(17-15-28)30-18-20-31(21-19-30)33-23-24-35-36-25-22-32-10-4-5-11-34(32)40(36)41-42-37-12-6-7-13-38(37)43(41)39(35)26-33;1-3-9-28-23(7-1)13-14-27-21-25(16-18-29(27)28)26-17-19-31-32-20-15-24-8-2-4-10-30(24)36(32)37-38-33-11-5-6-12-34(33)39(37)35(31)22-26/h1-26H;1-26H;1-22H. The molecule has 0 N–H and O–H groups in total. The molecule has 0 aliphatic heterocycles. The summed E-state index contributed by atoms with van der Waals surface area (Å²) < 4.78 is 7.07. The Morgan fingerprint density at radius 1 is 0.132 bits per heavy atom. The first-order chi connectivity index (χ1) is 63.9. The maximum atomic E-state index is 5.21. The van der Waals surface area contributed by atoms with Gasteiger partial charge in [-0.2, -0.15) is 0 Å². The summed E-state index contributed by atoms with van der Waals surface area (Å²) in [7, 11) is 0. The molecular formula is C123H74N6. The first-order valence-electron chi connectivity index (χ1n) is 44.3. The van der Waals surface area contributed by atoms with Gasteiger partial charge < -0.3 is 0 Å². The third-order valence-electron chi connectivity index (χ3n) is 27.4. The van der Waals surface area contributed by atoms with E-state index in [1.807, 2.05) is 0 Å². The van der Waals surface area contributed by atoms with Crippen LogP contribution in [0.5, 0.6) is 0 Å². The molecule has 29 rings (SSSR count). The van der Waals surface area contributed by atoms with E-state index in [0.29, 0.717) is 0 Å². The lowest BCUT2D eigenvalue weighted by Crippen LogP contribution is -1.93. The highest BCUT2D eigenvalue weighted by Gasteiger charge is 2.23. The predicted molar refractivity (Wildman–Crippen MR) is 547 cm³/mol. The normalized spacial score (nSPS) is 12.0. The molecule has 0 radical (unpaired) electrons. The van der Waals surface area contributed by atoms with E-state index in [-0.39, 0.29) is 0 Å². The summed E-state index contributed by atoms with van der Waals surface area (Å²) in [5, 5.41) is 31.5. The van der Waals surface area contributed by atoms with E-state index >= 15 is 0 Å². The Morgan fingerprint density at radius 2 is 0.403 bits per heavy atom. The molecule has 6 heteroatoms. The predicted octanol–water partition coefficient (Wildman–Crippen LogP) is 33.0. The minimum absolute atomic E-state index is 1.01. The fraction of sp³-hybridized carbons (Fsp3) is 0. The minimum atomic E-state index is 1.01. The summed E-state index contributed by atoms with van der Waals surface area (Å²) >= 11 is 0. The third-order valence-corrected chi connectivity index (χ3v) is 27.4. The minimum Gasteiger partial charge on any atom is -0.292 e. The van der Waals surface area contributed by atoms with Crippen molar-refractivity contribution >= 4 is 201 Å². The van der Waals surface area contributed by atoms with Gasteiger partial charge in [0.05, 0.1) is 49.7 Å². The molecule has 0 atom stereocenters. The number of fused-ring (bicyclic) bond motifs is 33. The Labute approximate surface area is 739 Å². The number of imidazole rings is 3. The van der Waals surface area contributed by atoms with Crippen LogP contribution >= 0.6 is 0 Å². The smallest absolute Gasteiger partial charge is 0.147 e. The van der Waals surface area contributed by atoms with Crippen molar-refractivity contribution in [2.24, 2.45) is 0 Å². The lowest BCUT2D eigenvalue weighted by molar-refractivity contribution is 1.32. The van der Waals surface area contributed by atoms with Gasteiger partial charge in [-0.25, -0.2) is 15.0 Å². The number of hydrogen-bond acceptors (Lipinski definition) is 3. The van der Waals surface area contributed by atoms with Crippen molar-refractivity contribution in [2.45, 2.75) is 0 Å². The molecule has 0 spiro atoms. The molecule has 0 amide bonds. The van der Waals surface area contributed by atoms with Gasteiger partial charge in [0, 0.05) is 32.3 Å². The fourth-order valence-electron chi connectivity index (χ4n) is 21.3. The molecule has 29 aromatic rings. The van der Waals surface area contributed by atoms with Crippen LogP contribution in [0, 0.1) is 0 Å². The molecule has 596 valence electrons. The van der Waals surface area contributed by atoms with Crippen LogP contribution in [-0.4, -0.2) is 28.2 Å². The highest BCUT2D eigenvalue weighted by molar-refractivity contribution is 6.29. The zero-order chi connectivity index (χ0) is 84.5. The second-order valence-corrected chi connectivity index (χ2v) is 34.4. The molecule has 0 saturated heterocycles. The first kappa shape index (κ1) is 72.3. The Hall–Kier alpha value is -17.2. The summed E-state index contributed by atoms with van der Waals surface area (Å²) in [6.45, 7) is 0. The van der Waals surface area contributed by atoms with Crippen LogP contribution < -0.4 is 0 Å². The van der Waals surface area contributed by atoms with Crippen molar-refractivity contribution in [3.8, 4) is 66.8 Å². The summed E-state index contributed by atoms with van der Waals surface area (Å²) in [6, 6.07) is 163. The topological polar surface area (TPSA) is 51.9 Å². The molecule has 0 unspecified atom stereocenters. The largest absolute Gasteiger partial charge is 0.292 e. The van der Waals surface area contributed by atoms with Crippen molar-refractivity contribution in [1.29, 1.82) is 0 Å². The van der Waals surface area contributed by atoms with E-state index in [1.165, 1.54) is 218 Å². The van der Waals surface area contributed by atoms with Gasteiger partial charge in [-0.1, -0.05) is 388 Å². The van der Waals surface area contributed by atoms with Crippen LogP contribution in [-0.2, 0) is 0 Å². The summed E-state index contributed by atoms with van der Waals surface area (Å²) in [5.41, 5.74) is 27.6. The lowest BCUT2D eigenvalue weighted by atomic mass is 9.89. The number of rotatable bonds is 6. The van der Waals surface area contributed by atoms with Gasteiger partial charge in [-0.15, -0.1) is 0 Å². The van der Waals surface area contributed by atoms with Crippen molar-refractivity contribution in [3.63, 3.8) is 0 Å². The molecule has 0 aliphatic rings. The summed E-state index contributed by atoms with van der Waals surface area (Å²) in [5.74, 6) is 0. The van der Waals surface area contributed by atoms with Gasteiger partial charge in [-0.05, 0) is 230 Å². The molecular weight excluding hydrogens is 1560 g/mol. The molecule has 0 saturated carbocycles. The molecule has 0 fully saturated rings. The molecule has 6 aromatic heterocycles.